The van der Waals surface area contributed by atoms with E-state index in [1.165, 1.54) is 0 Å². The Bertz CT molecular complexity index is 596. The van der Waals surface area contributed by atoms with E-state index in [-0.39, 0.29) is 6.04 Å². The number of morpholine rings is 1. The van der Waals surface area contributed by atoms with Gasteiger partial charge in [-0.2, -0.15) is 4.98 Å². The Morgan fingerprint density at radius 2 is 2.05 bits per heavy atom. The van der Waals surface area contributed by atoms with Crippen molar-refractivity contribution in [2.45, 2.75) is 6.04 Å². The summed E-state index contributed by atoms with van der Waals surface area (Å²) in [5.74, 6) is 1.41. The van der Waals surface area contributed by atoms with Crippen LogP contribution < -0.4 is 16.0 Å². The third-order valence-corrected chi connectivity index (χ3v) is 3.79. The number of benzene rings is 1. The Labute approximate surface area is 133 Å². The fourth-order valence-electron chi connectivity index (χ4n) is 2.31. The molecule has 1 aliphatic rings. The minimum atomic E-state index is -0.136. The van der Waals surface area contributed by atoms with E-state index in [1.54, 1.807) is 0 Å². The number of halogens is 1. The lowest BCUT2D eigenvalue weighted by Gasteiger charge is -2.25. The third kappa shape index (κ3) is 3.49. The summed E-state index contributed by atoms with van der Waals surface area (Å²) in [5, 5.41) is 11.3. The number of nitrogens with two attached hydrogens (primary N) is 1. The van der Waals surface area contributed by atoms with E-state index in [1.807, 2.05) is 24.3 Å². The van der Waals surface area contributed by atoms with Crippen molar-refractivity contribution < 1.29 is 4.74 Å². The van der Waals surface area contributed by atoms with Crippen LogP contribution in [-0.2, 0) is 4.74 Å². The summed E-state index contributed by atoms with van der Waals surface area (Å²) in [6.45, 7) is 3.41. The maximum Gasteiger partial charge on any atom is 0.244 e. The number of rotatable bonds is 5. The van der Waals surface area contributed by atoms with Gasteiger partial charge < -0.3 is 20.7 Å². The van der Waals surface area contributed by atoms with E-state index < -0.39 is 0 Å². The Balaban J connectivity index is 1.70. The van der Waals surface area contributed by atoms with Gasteiger partial charge in [0, 0.05) is 30.3 Å². The standard InChI is InChI=1S/C14H19ClN6O/c15-10-1-3-11(4-2-10)17-12(9-16)13-18-14(20-19-13)21-5-7-22-8-6-21/h1-4,12,17H,5-9,16H2,(H,18,19,20). The van der Waals surface area contributed by atoms with Crippen LogP contribution >= 0.6 is 11.6 Å². The van der Waals surface area contributed by atoms with E-state index in [0.717, 1.165) is 24.6 Å². The van der Waals surface area contributed by atoms with Crippen LogP contribution in [0.4, 0.5) is 11.6 Å². The molecule has 3 rings (SSSR count). The van der Waals surface area contributed by atoms with E-state index in [9.17, 15) is 0 Å². The van der Waals surface area contributed by atoms with Crippen molar-refractivity contribution in [1.82, 2.24) is 15.2 Å². The van der Waals surface area contributed by atoms with Crippen molar-refractivity contribution in [3.8, 4) is 0 Å². The zero-order valence-electron chi connectivity index (χ0n) is 12.1. The van der Waals surface area contributed by atoms with Crippen LogP contribution in [0.2, 0.25) is 5.02 Å². The summed E-state index contributed by atoms with van der Waals surface area (Å²) in [6, 6.07) is 7.34. The lowest BCUT2D eigenvalue weighted by Crippen LogP contribution is -2.37. The SMILES string of the molecule is NCC(Nc1ccc(Cl)cc1)c1nc(N2CCOCC2)n[nH]1. The number of H-pyrrole nitrogens is 1. The molecular formula is C14H19ClN6O. The highest BCUT2D eigenvalue weighted by molar-refractivity contribution is 6.30. The van der Waals surface area contributed by atoms with Gasteiger partial charge >= 0.3 is 0 Å². The molecule has 7 nitrogen and oxygen atoms in total. The second kappa shape index (κ2) is 6.95. The summed E-state index contributed by atoms with van der Waals surface area (Å²) < 4.78 is 5.33. The van der Waals surface area contributed by atoms with Crippen molar-refractivity contribution in [3.05, 3.63) is 35.1 Å². The van der Waals surface area contributed by atoms with Crippen molar-refractivity contribution >= 4 is 23.2 Å². The van der Waals surface area contributed by atoms with Gasteiger partial charge in [0.15, 0.2) is 0 Å². The molecule has 0 spiro atoms. The fourth-order valence-corrected chi connectivity index (χ4v) is 2.44. The van der Waals surface area contributed by atoms with Crippen LogP contribution in [0.25, 0.3) is 0 Å². The lowest BCUT2D eigenvalue weighted by atomic mass is 10.2. The number of aromatic nitrogens is 3. The highest BCUT2D eigenvalue weighted by atomic mass is 35.5. The van der Waals surface area contributed by atoms with Gasteiger partial charge in [-0.25, -0.2) is 0 Å². The molecule has 1 aromatic carbocycles. The second-order valence-corrected chi connectivity index (χ2v) is 5.50. The lowest BCUT2D eigenvalue weighted by molar-refractivity contribution is 0.122. The summed E-state index contributed by atoms with van der Waals surface area (Å²) >= 11 is 5.89. The minimum Gasteiger partial charge on any atom is -0.378 e. The molecular weight excluding hydrogens is 304 g/mol. The van der Waals surface area contributed by atoms with E-state index >= 15 is 0 Å². The van der Waals surface area contributed by atoms with E-state index in [2.05, 4.69) is 25.4 Å². The molecule has 0 radical (unpaired) electrons. The first kappa shape index (κ1) is 15.1. The molecule has 1 aromatic heterocycles. The van der Waals surface area contributed by atoms with Crippen molar-refractivity contribution in [3.63, 3.8) is 0 Å². The van der Waals surface area contributed by atoms with Crippen molar-refractivity contribution in [2.75, 3.05) is 43.1 Å². The van der Waals surface area contributed by atoms with Gasteiger partial charge in [-0.05, 0) is 24.3 Å². The predicted octanol–water partition coefficient (Wildman–Crippen LogP) is 1.41. The van der Waals surface area contributed by atoms with Gasteiger partial charge in [0.1, 0.15) is 5.82 Å². The van der Waals surface area contributed by atoms with Gasteiger partial charge in [0.05, 0.1) is 19.3 Å². The van der Waals surface area contributed by atoms with Gasteiger partial charge in [0.2, 0.25) is 5.95 Å². The van der Waals surface area contributed by atoms with Crippen LogP contribution in [0.1, 0.15) is 11.9 Å². The van der Waals surface area contributed by atoms with E-state index in [4.69, 9.17) is 22.1 Å². The number of aromatic amines is 1. The number of nitrogens with one attached hydrogen (secondary N) is 2. The quantitative estimate of drug-likeness (QED) is 0.771. The zero-order chi connectivity index (χ0) is 15.4. The average molecular weight is 323 g/mol. The number of hydrogen-bond donors (Lipinski definition) is 3. The average Bonchev–Trinajstić information content (AvgIpc) is 3.05. The smallest absolute Gasteiger partial charge is 0.244 e. The van der Waals surface area contributed by atoms with Crippen LogP contribution in [0.3, 0.4) is 0 Å². The Kier molecular flexibility index (Phi) is 4.77. The molecule has 22 heavy (non-hydrogen) atoms. The molecule has 2 aromatic rings. The number of ether oxygens (including phenoxy) is 1. The molecule has 4 N–H and O–H groups in total. The molecule has 0 saturated carbocycles. The van der Waals surface area contributed by atoms with Crippen LogP contribution in [0.15, 0.2) is 24.3 Å². The minimum absolute atomic E-state index is 0.136. The van der Waals surface area contributed by atoms with Gasteiger partial charge in [-0.3, -0.25) is 5.10 Å². The normalized spacial score (nSPS) is 16.5. The number of nitrogens with zero attached hydrogens (tertiary/aromatic N) is 3. The monoisotopic (exact) mass is 322 g/mol. The van der Waals surface area contributed by atoms with Crippen molar-refractivity contribution in [2.24, 2.45) is 5.73 Å². The van der Waals surface area contributed by atoms with Crippen LogP contribution in [0, 0.1) is 0 Å². The van der Waals surface area contributed by atoms with Crippen LogP contribution in [0.5, 0.6) is 0 Å². The summed E-state index contributed by atoms with van der Waals surface area (Å²) in [5.41, 5.74) is 6.79. The first-order chi connectivity index (χ1) is 10.8. The third-order valence-electron chi connectivity index (χ3n) is 3.54. The first-order valence-corrected chi connectivity index (χ1v) is 7.61. The molecule has 0 amide bonds. The number of hydrogen-bond acceptors (Lipinski definition) is 6. The first-order valence-electron chi connectivity index (χ1n) is 7.23. The molecule has 2 heterocycles. The van der Waals surface area contributed by atoms with Gasteiger partial charge in [0.25, 0.3) is 0 Å². The molecule has 1 fully saturated rings. The Morgan fingerprint density at radius 3 is 2.73 bits per heavy atom. The molecule has 0 bridgehead atoms. The maximum atomic E-state index is 5.89. The maximum absolute atomic E-state index is 5.89. The largest absolute Gasteiger partial charge is 0.378 e. The summed E-state index contributed by atoms with van der Waals surface area (Å²) in [7, 11) is 0. The molecule has 1 atom stereocenters. The Hall–Kier alpha value is -1.83. The summed E-state index contributed by atoms with van der Waals surface area (Å²) in [6.07, 6.45) is 0. The second-order valence-electron chi connectivity index (χ2n) is 5.06. The molecule has 1 saturated heterocycles. The van der Waals surface area contributed by atoms with E-state index in [0.29, 0.717) is 30.7 Å². The molecule has 1 aliphatic heterocycles. The number of anilines is 2. The van der Waals surface area contributed by atoms with Crippen LogP contribution in [-0.4, -0.2) is 48.0 Å². The Morgan fingerprint density at radius 1 is 1.32 bits per heavy atom. The zero-order valence-corrected chi connectivity index (χ0v) is 12.9. The predicted molar refractivity (Wildman–Crippen MR) is 86.3 cm³/mol. The molecule has 8 heteroatoms. The van der Waals surface area contributed by atoms with Gasteiger partial charge in [-0.1, -0.05) is 11.6 Å². The van der Waals surface area contributed by atoms with Crippen molar-refractivity contribution in [1.29, 1.82) is 0 Å². The fraction of sp³-hybridized carbons (Fsp3) is 0.429. The molecule has 1 unspecified atom stereocenters. The summed E-state index contributed by atoms with van der Waals surface area (Å²) in [4.78, 5) is 6.65. The topological polar surface area (TPSA) is 92.1 Å². The molecule has 118 valence electrons. The molecule has 0 aliphatic carbocycles. The highest BCUT2D eigenvalue weighted by Gasteiger charge is 2.19. The van der Waals surface area contributed by atoms with Gasteiger partial charge in [-0.15, -0.1) is 5.10 Å². The highest BCUT2D eigenvalue weighted by Crippen LogP contribution is 2.20.